The highest BCUT2D eigenvalue weighted by Crippen LogP contribution is 2.16. The molecule has 0 saturated carbocycles. The van der Waals surface area contributed by atoms with Gasteiger partial charge in [-0.2, -0.15) is 0 Å². The van der Waals surface area contributed by atoms with Crippen molar-refractivity contribution in [3.05, 3.63) is 34.9 Å². The number of rotatable bonds is 6. The van der Waals surface area contributed by atoms with Gasteiger partial charge in [0.05, 0.1) is 6.04 Å². The van der Waals surface area contributed by atoms with Gasteiger partial charge in [0.25, 0.3) is 0 Å². The van der Waals surface area contributed by atoms with Crippen LogP contribution in [0, 0.1) is 0 Å². The van der Waals surface area contributed by atoms with Crippen LogP contribution in [0.3, 0.4) is 0 Å². The third kappa shape index (κ3) is 3.56. The number of nitrogens with zero attached hydrogens (tertiary/aromatic N) is 1. The van der Waals surface area contributed by atoms with Crippen molar-refractivity contribution in [2.45, 2.75) is 45.7 Å². The Kier molecular flexibility index (Phi) is 5.83. The van der Waals surface area contributed by atoms with E-state index < -0.39 is 0 Å². The molecule has 1 unspecified atom stereocenters. The molecule has 0 aromatic heterocycles. The van der Waals surface area contributed by atoms with Crippen LogP contribution in [0.5, 0.6) is 0 Å². The van der Waals surface area contributed by atoms with Gasteiger partial charge in [-0.1, -0.05) is 25.4 Å². The number of likely N-dealkylation sites (N-methyl/N-ethyl adjacent to an activating group) is 1. The highest BCUT2D eigenvalue weighted by molar-refractivity contribution is 6.30. The Morgan fingerprint density at radius 2 is 1.72 bits per heavy atom. The number of hydrogen-bond acceptors (Lipinski definition) is 2. The molecule has 0 aliphatic heterocycles. The number of Topliss-reactive ketones (excluding diaryl/α,β-unsaturated/α-hetero) is 1. The third-order valence-corrected chi connectivity index (χ3v) is 3.89. The van der Waals surface area contributed by atoms with Crippen LogP contribution >= 0.6 is 11.6 Å². The molecule has 0 bridgehead atoms. The molecule has 0 fully saturated rings. The van der Waals surface area contributed by atoms with Gasteiger partial charge in [-0.15, -0.1) is 0 Å². The van der Waals surface area contributed by atoms with Crippen LogP contribution in [-0.4, -0.2) is 29.8 Å². The Bertz CT molecular complexity index is 384. The first kappa shape index (κ1) is 15.2. The van der Waals surface area contributed by atoms with Crippen LogP contribution in [-0.2, 0) is 0 Å². The smallest absolute Gasteiger partial charge is 0.179 e. The summed E-state index contributed by atoms with van der Waals surface area (Å²) in [7, 11) is 2.02. The molecule has 0 spiro atoms. The SMILES string of the molecule is CCC(CC)N(C)C(C)C(=O)c1ccc(Cl)cc1. The number of ketones is 1. The van der Waals surface area contributed by atoms with E-state index in [0.717, 1.165) is 18.4 Å². The minimum Gasteiger partial charge on any atom is -0.294 e. The van der Waals surface area contributed by atoms with Crippen LogP contribution in [0.15, 0.2) is 24.3 Å². The lowest BCUT2D eigenvalue weighted by molar-refractivity contribution is 0.0808. The Balaban J connectivity index is 2.80. The lowest BCUT2D eigenvalue weighted by Crippen LogP contribution is -2.42. The van der Waals surface area contributed by atoms with Gasteiger partial charge in [-0.25, -0.2) is 0 Å². The maximum Gasteiger partial charge on any atom is 0.179 e. The van der Waals surface area contributed by atoms with Crippen LogP contribution in [0.25, 0.3) is 0 Å². The van der Waals surface area contributed by atoms with E-state index in [0.29, 0.717) is 11.1 Å². The molecule has 1 atom stereocenters. The van der Waals surface area contributed by atoms with E-state index in [2.05, 4.69) is 18.7 Å². The Labute approximate surface area is 115 Å². The molecule has 0 amide bonds. The van der Waals surface area contributed by atoms with E-state index in [1.165, 1.54) is 0 Å². The average molecular weight is 268 g/mol. The predicted molar refractivity (Wildman–Crippen MR) is 77.4 cm³/mol. The van der Waals surface area contributed by atoms with Gasteiger partial charge in [0.15, 0.2) is 5.78 Å². The number of halogens is 1. The fourth-order valence-electron chi connectivity index (χ4n) is 2.22. The van der Waals surface area contributed by atoms with Crippen LogP contribution < -0.4 is 0 Å². The normalized spacial score (nSPS) is 13.1. The van der Waals surface area contributed by atoms with E-state index >= 15 is 0 Å². The van der Waals surface area contributed by atoms with Crippen molar-refractivity contribution < 1.29 is 4.79 Å². The Morgan fingerprint density at radius 3 is 2.17 bits per heavy atom. The molecule has 0 N–H and O–H groups in total. The second kappa shape index (κ2) is 6.91. The van der Waals surface area contributed by atoms with Gasteiger partial charge < -0.3 is 0 Å². The molecule has 1 aromatic carbocycles. The molecule has 1 aromatic rings. The molecule has 100 valence electrons. The van der Waals surface area contributed by atoms with Crippen molar-refractivity contribution in [1.82, 2.24) is 4.90 Å². The van der Waals surface area contributed by atoms with E-state index in [1.54, 1.807) is 24.3 Å². The zero-order valence-corrected chi connectivity index (χ0v) is 12.4. The summed E-state index contributed by atoms with van der Waals surface area (Å²) in [4.78, 5) is 14.5. The third-order valence-electron chi connectivity index (χ3n) is 3.64. The largest absolute Gasteiger partial charge is 0.294 e. The second-order valence-corrected chi connectivity index (χ2v) is 5.12. The number of hydrogen-bond donors (Lipinski definition) is 0. The monoisotopic (exact) mass is 267 g/mol. The van der Waals surface area contributed by atoms with Crippen molar-refractivity contribution in [1.29, 1.82) is 0 Å². The topological polar surface area (TPSA) is 20.3 Å². The first-order valence-electron chi connectivity index (χ1n) is 6.52. The van der Waals surface area contributed by atoms with Crippen LogP contribution in [0.4, 0.5) is 0 Å². The highest BCUT2D eigenvalue weighted by atomic mass is 35.5. The average Bonchev–Trinajstić information content (AvgIpc) is 2.39. The van der Waals surface area contributed by atoms with Gasteiger partial charge >= 0.3 is 0 Å². The minimum atomic E-state index is -0.101. The first-order valence-corrected chi connectivity index (χ1v) is 6.90. The maximum atomic E-state index is 12.3. The standard InChI is InChI=1S/C15H22ClNO/c1-5-14(6-2)17(4)11(3)15(18)12-7-9-13(16)10-8-12/h7-11,14H,5-6H2,1-4H3. The van der Waals surface area contributed by atoms with Crippen molar-refractivity contribution in [3.63, 3.8) is 0 Å². The van der Waals surface area contributed by atoms with Gasteiger partial charge in [-0.3, -0.25) is 9.69 Å². The van der Waals surface area contributed by atoms with Crippen molar-refractivity contribution >= 4 is 17.4 Å². The Morgan fingerprint density at radius 1 is 1.22 bits per heavy atom. The molecule has 0 radical (unpaired) electrons. The molecular weight excluding hydrogens is 246 g/mol. The summed E-state index contributed by atoms with van der Waals surface area (Å²) < 4.78 is 0. The minimum absolute atomic E-state index is 0.101. The van der Waals surface area contributed by atoms with E-state index in [4.69, 9.17) is 11.6 Å². The summed E-state index contributed by atoms with van der Waals surface area (Å²) in [6, 6.07) is 7.47. The molecular formula is C15H22ClNO. The summed E-state index contributed by atoms with van der Waals surface area (Å²) in [5, 5.41) is 0.660. The predicted octanol–water partition coefficient (Wildman–Crippen LogP) is 4.03. The van der Waals surface area contributed by atoms with Crippen molar-refractivity contribution in [2.24, 2.45) is 0 Å². The zero-order valence-electron chi connectivity index (χ0n) is 11.6. The number of carbonyl (C=O) groups is 1. The second-order valence-electron chi connectivity index (χ2n) is 4.68. The molecule has 1 rings (SSSR count). The van der Waals surface area contributed by atoms with Crippen molar-refractivity contribution in [3.8, 4) is 0 Å². The van der Waals surface area contributed by atoms with Gasteiger partial charge in [0, 0.05) is 16.6 Å². The van der Waals surface area contributed by atoms with Gasteiger partial charge in [-0.05, 0) is 51.1 Å². The number of carbonyl (C=O) groups excluding carboxylic acids is 1. The van der Waals surface area contributed by atoms with Crippen LogP contribution in [0.2, 0.25) is 5.02 Å². The molecule has 0 aliphatic carbocycles. The first-order chi connectivity index (χ1) is 8.51. The van der Waals surface area contributed by atoms with Gasteiger partial charge in [0.2, 0.25) is 0 Å². The van der Waals surface area contributed by atoms with E-state index in [9.17, 15) is 4.79 Å². The van der Waals surface area contributed by atoms with Gasteiger partial charge in [0.1, 0.15) is 0 Å². The molecule has 0 saturated heterocycles. The fraction of sp³-hybridized carbons (Fsp3) is 0.533. The van der Waals surface area contributed by atoms with Crippen LogP contribution in [0.1, 0.15) is 44.0 Å². The summed E-state index contributed by atoms with van der Waals surface area (Å²) in [5.74, 6) is 0.154. The quantitative estimate of drug-likeness (QED) is 0.726. The molecule has 0 heterocycles. The Hall–Kier alpha value is -0.860. The summed E-state index contributed by atoms with van der Waals surface area (Å²) in [6.07, 6.45) is 2.12. The molecule has 0 aliphatic rings. The van der Waals surface area contributed by atoms with E-state index in [1.807, 2.05) is 14.0 Å². The van der Waals surface area contributed by atoms with Crippen molar-refractivity contribution in [2.75, 3.05) is 7.05 Å². The maximum absolute atomic E-state index is 12.3. The lowest BCUT2D eigenvalue weighted by atomic mass is 10.0. The highest BCUT2D eigenvalue weighted by Gasteiger charge is 2.23. The summed E-state index contributed by atoms with van der Waals surface area (Å²) >= 11 is 5.83. The van der Waals surface area contributed by atoms with E-state index in [-0.39, 0.29) is 11.8 Å². The molecule has 3 heteroatoms. The lowest BCUT2D eigenvalue weighted by Gasteiger charge is -2.31. The molecule has 18 heavy (non-hydrogen) atoms. The zero-order chi connectivity index (χ0) is 13.7. The fourth-order valence-corrected chi connectivity index (χ4v) is 2.35. The number of benzene rings is 1. The molecule has 2 nitrogen and oxygen atoms in total. The summed E-state index contributed by atoms with van der Waals surface area (Å²) in [6.45, 7) is 6.28. The summed E-state index contributed by atoms with van der Waals surface area (Å²) in [5.41, 5.74) is 0.727.